The minimum atomic E-state index is -0.0880. The molecule has 1 N–H and O–H groups in total. The van der Waals surface area contributed by atoms with Crippen LogP contribution in [-0.4, -0.2) is 29.2 Å². The third-order valence-electron chi connectivity index (χ3n) is 1.79. The first-order valence-electron chi connectivity index (χ1n) is 3.54. The molecule has 1 aliphatic rings. The summed E-state index contributed by atoms with van der Waals surface area (Å²) in [5.41, 5.74) is 0. The average molecular weight is 182 g/mol. The Morgan fingerprint density at radius 1 is 1.55 bits per heavy atom. The van der Waals surface area contributed by atoms with Gasteiger partial charge in [0.05, 0.1) is 6.10 Å². The van der Waals surface area contributed by atoms with E-state index in [1.165, 1.54) is 0 Å². The number of likely N-dealkylation sites (tertiary alicyclic amines) is 1. The maximum Gasteiger partial charge on any atom is 1.00 e. The Morgan fingerprint density at radius 3 is 2.55 bits per heavy atom. The summed E-state index contributed by atoms with van der Waals surface area (Å²) in [5.74, 6) is 0. The molecule has 0 amide bonds. The van der Waals surface area contributed by atoms with Crippen molar-refractivity contribution in [1.82, 2.24) is 4.90 Å². The molecule has 0 aromatic heterocycles. The van der Waals surface area contributed by atoms with Gasteiger partial charge < -0.3 is 17.4 Å². The van der Waals surface area contributed by atoms with Gasteiger partial charge in [0.15, 0.2) is 0 Å². The Morgan fingerprint density at radius 2 is 2.18 bits per heavy atom. The van der Waals surface area contributed by atoms with Crippen molar-refractivity contribution in [2.75, 3.05) is 13.1 Å². The quantitative estimate of drug-likeness (QED) is 0.377. The van der Waals surface area contributed by atoms with Crippen LogP contribution in [0.3, 0.4) is 0 Å². The van der Waals surface area contributed by atoms with E-state index in [9.17, 15) is 0 Å². The van der Waals surface area contributed by atoms with Gasteiger partial charge >= 0.3 is 51.4 Å². The van der Waals surface area contributed by atoms with Crippen molar-refractivity contribution >= 4 is 0 Å². The van der Waals surface area contributed by atoms with Crippen LogP contribution in [0.25, 0.3) is 0 Å². The predicted molar refractivity (Wildman–Crippen MR) is 43.2 cm³/mol. The van der Waals surface area contributed by atoms with Gasteiger partial charge in [0.1, 0.15) is 0 Å². The minimum absolute atomic E-state index is 0. The van der Waals surface area contributed by atoms with E-state index < -0.39 is 0 Å². The molecule has 2 nitrogen and oxygen atoms in total. The van der Waals surface area contributed by atoms with E-state index >= 15 is 0 Å². The smallest absolute Gasteiger partial charge is 0.455 e. The van der Waals surface area contributed by atoms with Crippen molar-refractivity contribution in [2.45, 2.75) is 25.9 Å². The van der Waals surface area contributed by atoms with Crippen LogP contribution < -0.4 is 51.4 Å². The molecule has 1 aliphatic heterocycles. The molecule has 0 saturated carbocycles. The van der Waals surface area contributed by atoms with Gasteiger partial charge in [-0.3, -0.25) is 6.54 Å². The Bertz CT molecular complexity index is 90.2. The fourth-order valence-corrected chi connectivity index (χ4v) is 1.22. The summed E-state index contributed by atoms with van der Waals surface area (Å²) in [6.07, 6.45) is 2.02. The number of rotatable bonds is 1. The van der Waals surface area contributed by atoms with Gasteiger partial charge in [-0.2, -0.15) is 6.92 Å². The molecule has 1 saturated heterocycles. The molecule has 0 spiro atoms. The number of hydrogen-bond donors (Lipinski definition) is 1. The van der Waals surface area contributed by atoms with E-state index in [0.717, 1.165) is 25.9 Å². The molecule has 62 valence electrons. The molecule has 11 heavy (non-hydrogen) atoms. The van der Waals surface area contributed by atoms with Crippen LogP contribution in [0.2, 0.25) is 0 Å². The van der Waals surface area contributed by atoms with E-state index in [1.807, 2.05) is 13.5 Å². The zero-order valence-corrected chi connectivity index (χ0v) is 11.0. The fraction of sp³-hybridized carbons (Fsp3) is 0.750. The van der Waals surface area contributed by atoms with Crippen molar-refractivity contribution in [2.24, 2.45) is 0 Å². The van der Waals surface area contributed by atoms with Crippen molar-refractivity contribution < 1.29 is 56.5 Å². The first-order chi connectivity index (χ1) is 4.33. The van der Waals surface area contributed by atoms with Crippen molar-refractivity contribution in [3.05, 3.63) is 14.0 Å². The second kappa shape index (κ2) is 8.17. The molecule has 3 heteroatoms. The third-order valence-corrected chi connectivity index (χ3v) is 1.79. The molecule has 0 radical (unpaired) electrons. The van der Waals surface area contributed by atoms with Gasteiger partial charge in [0.2, 0.25) is 0 Å². The predicted octanol–water partition coefficient (Wildman–Crippen LogP) is -1.92. The molecule has 1 heterocycles. The topological polar surface area (TPSA) is 23.5 Å². The van der Waals surface area contributed by atoms with Crippen LogP contribution in [0.4, 0.5) is 0 Å². The zero-order chi connectivity index (χ0) is 6.69. The van der Waals surface area contributed by atoms with Crippen LogP contribution in [0.15, 0.2) is 0 Å². The average Bonchev–Trinajstić information content (AvgIpc) is 1.88. The van der Waals surface area contributed by atoms with Gasteiger partial charge in [0.25, 0.3) is 0 Å². The molecule has 0 bridgehead atoms. The van der Waals surface area contributed by atoms with Crippen LogP contribution >= 0.6 is 0 Å². The summed E-state index contributed by atoms with van der Waals surface area (Å²) in [5, 5.41) is 9.15. The van der Waals surface area contributed by atoms with Gasteiger partial charge in [-0.1, -0.05) is 0 Å². The number of aliphatic hydroxyl groups is 1. The summed E-state index contributed by atoms with van der Waals surface area (Å²) in [7, 11) is 0. The van der Waals surface area contributed by atoms with E-state index in [4.69, 9.17) is 5.11 Å². The summed E-state index contributed by atoms with van der Waals surface area (Å²) in [4.78, 5) is 2.16. The van der Waals surface area contributed by atoms with Crippen molar-refractivity contribution in [3.8, 4) is 0 Å². The molecular weight excluding hydrogens is 165 g/mol. The monoisotopic (exact) mass is 182 g/mol. The first kappa shape index (κ1) is 15.0. The Balaban J connectivity index is 0. The van der Waals surface area contributed by atoms with Crippen molar-refractivity contribution in [3.63, 3.8) is 0 Å². The number of β-amino-alcohol motifs (C(OH)–C–C–N with tert-alkyl or cyclic N) is 1. The third kappa shape index (κ3) is 5.74. The van der Waals surface area contributed by atoms with E-state index in [-0.39, 0.29) is 64.9 Å². The first-order valence-corrected chi connectivity index (χ1v) is 3.54. The second-order valence-corrected chi connectivity index (χ2v) is 2.55. The van der Waals surface area contributed by atoms with Crippen LogP contribution in [0.1, 0.15) is 19.8 Å². The summed E-state index contributed by atoms with van der Waals surface area (Å²) >= 11 is 0. The second-order valence-electron chi connectivity index (χ2n) is 2.55. The standard InChI is InChI=1S/C7H14NO.CH3.K/c1-2-8-5-3-4-7(9)6-8;;/h2,7,9H,3-6H2,1H3;1H3;/q2*-1;+1. The number of piperidine rings is 1. The van der Waals surface area contributed by atoms with Gasteiger partial charge in [-0.25, -0.2) is 0 Å². The van der Waals surface area contributed by atoms with Gasteiger partial charge in [-0.15, -0.1) is 0 Å². The number of hydrogen-bond acceptors (Lipinski definition) is 2. The number of aliphatic hydroxyl groups excluding tert-OH is 1. The van der Waals surface area contributed by atoms with E-state index in [2.05, 4.69) is 4.90 Å². The maximum atomic E-state index is 9.15. The summed E-state index contributed by atoms with van der Waals surface area (Å²) < 4.78 is 0. The van der Waals surface area contributed by atoms with Crippen LogP contribution in [0.5, 0.6) is 0 Å². The normalized spacial score (nSPS) is 25.1. The Labute approximate surface area is 113 Å². The van der Waals surface area contributed by atoms with Crippen molar-refractivity contribution in [1.29, 1.82) is 0 Å². The summed E-state index contributed by atoms with van der Waals surface area (Å²) in [6.45, 7) is 6.00. The SMILES string of the molecule is C[CH-]N1CCCC(O)C1.[CH3-].[K+]. The molecule has 1 atom stereocenters. The van der Waals surface area contributed by atoms with E-state index in [1.54, 1.807) is 0 Å². The molecule has 0 aromatic rings. The van der Waals surface area contributed by atoms with Gasteiger partial charge in [0, 0.05) is 0 Å². The van der Waals surface area contributed by atoms with Gasteiger partial charge in [-0.05, 0) is 25.9 Å². The minimum Gasteiger partial charge on any atom is -0.455 e. The molecular formula is C8H17KNO-. The fourth-order valence-electron chi connectivity index (χ4n) is 1.22. The Kier molecular flexibility index (Phi) is 11.2. The largest absolute Gasteiger partial charge is 1.00 e. The molecule has 0 aliphatic carbocycles. The maximum absolute atomic E-state index is 9.15. The molecule has 1 rings (SSSR count). The number of nitrogens with zero attached hydrogens (tertiary/aromatic N) is 1. The molecule has 1 unspecified atom stereocenters. The van der Waals surface area contributed by atoms with Crippen LogP contribution in [0, 0.1) is 14.0 Å². The molecule has 0 aromatic carbocycles. The van der Waals surface area contributed by atoms with E-state index in [0.29, 0.717) is 0 Å². The zero-order valence-electron chi connectivity index (χ0n) is 7.88. The Hall–Kier alpha value is 1.56. The van der Waals surface area contributed by atoms with Crippen LogP contribution in [-0.2, 0) is 0 Å². The summed E-state index contributed by atoms with van der Waals surface area (Å²) in [6, 6.07) is 0. The molecule has 1 fully saturated rings.